The lowest BCUT2D eigenvalue weighted by atomic mass is 10.1. The van der Waals surface area contributed by atoms with Crippen molar-refractivity contribution < 1.29 is 9.84 Å². The monoisotopic (exact) mass is 260 g/mol. The van der Waals surface area contributed by atoms with Gasteiger partial charge in [-0.25, -0.2) is 0 Å². The van der Waals surface area contributed by atoms with Crippen molar-refractivity contribution in [3.05, 3.63) is 72.5 Å². The highest BCUT2D eigenvalue weighted by atomic mass is 16.5. The summed E-state index contributed by atoms with van der Waals surface area (Å²) in [6, 6.07) is 9.75. The third-order valence-corrected chi connectivity index (χ3v) is 1.95. The Morgan fingerprint density at radius 1 is 1.00 bits per heavy atom. The van der Waals surface area contributed by atoms with Crippen LogP contribution in [0.2, 0.25) is 0 Å². The molecule has 0 aliphatic rings. The molecule has 0 spiro atoms. The molecule has 2 heteroatoms. The average molecular weight is 260 g/mol. The first-order chi connectivity index (χ1) is 8.91. The number of rotatable bonds is 6. The van der Waals surface area contributed by atoms with E-state index >= 15 is 0 Å². The van der Waals surface area contributed by atoms with Crippen molar-refractivity contribution >= 4 is 0 Å². The van der Waals surface area contributed by atoms with Crippen LogP contribution in [-0.2, 0) is 11.2 Å². The van der Waals surface area contributed by atoms with Crippen molar-refractivity contribution in [1.82, 2.24) is 0 Å². The number of benzene rings is 1. The van der Waals surface area contributed by atoms with Gasteiger partial charge in [-0.3, -0.25) is 0 Å². The lowest BCUT2D eigenvalue weighted by Crippen LogP contribution is -1.96. The van der Waals surface area contributed by atoms with Crippen LogP contribution in [0.15, 0.2) is 67.0 Å². The first-order valence-corrected chi connectivity index (χ1v) is 6.19. The highest BCUT2D eigenvalue weighted by Crippen LogP contribution is 2.02. The van der Waals surface area contributed by atoms with E-state index in [0.29, 0.717) is 19.6 Å². The highest BCUT2D eigenvalue weighted by Gasteiger charge is 1.90. The molecule has 0 unspecified atom stereocenters. The molecule has 0 bridgehead atoms. The van der Waals surface area contributed by atoms with Gasteiger partial charge in [-0.05, 0) is 19.4 Å². The molecule has 1 rings (SSSR count). The minimum absolute atomic E-state index is 0.214. The standard InChI is InChI=1S/C9H10O.C8H14O/c1-8(10)7-9-5-3-2-4-6-9;1-7(2)5-9-6-8(3)4/h2-6,10H,1,7H2;1,3,5-6H2,2,4H3. The summed E-state index contributed by atoms with van der Waals surface area (Å²) < 4.78 is 5.16. The van der Waals surface area contributed by atoms with Crippen molar-refractivity contribution in [2.75, 3.05) is 13.2 Å². The fraction of sp³-hybridized carbons (Fsp3) is 0.294. The lowest BCUT2D eigenvalue weighted by Gasteiger charge is -2.00. The molecule has 2 nitrogen and oxygen atoms in total. The summed E-state index contributed by atoms with van der Waals surface area (Å²) in [5.74, 6) is 0.214. The van der Waals surface area contributed by atoms with Gasteiger partial charge in [-0.1, -0.05) is 61.2 Å². The van der Waals surface area contributed by atoms with Crippen LogP contribution in [0, 0.1) is 0 Å². The first kappa shape index (κ1) is 17.2. The zero-order valence-corrected chi connectivity index (χ0v) is 12.0. The Labute approximate surface area is 116 Å². The maximum absolute atomic E-state index is 8.81. The van der Waals surface area contributed by atoms with Gasteiger partial charge in [0.1, 0.15) is 0 Å². The van der Waals surface area contributed by atoms with Crippen molar-refractivity contribution in [2.45, 2.75) is 20.3 Å². The zero-order chi connectivity index (χ0) is 14.7. The lowest BCUT2D eigenvalue weighted by molar-refractivity contribution is 0.180. The number of allylic oxidation sites excluding steroid dienone is 1. The third kappa shape index (κ3) is 12.4. The van der Waals surface area contributed by atoms with Gasteiger partial charge in [0.25, 0.3) is 0 Å². The highest BCUT2D eigenvalue weighted by molar-refractivity contribution is 5.18. The quantitative estimate of drug-likeness (QED) is 0.604. The topological polar surface area (TPSA) is 29.5 Å². The van der Waals surface area contributed by atoms with Gasteiger partial charge in [-0.2, -0.15) is 0 Å². The second-order valence-electron chi connectivity index (χ2n) is 4.64. The fourth-order valence-corrected chi connectivity index (χ4v) is 1.23. The van der Waals surface area contributed by atoms with Gasteiger partial charge in [0.15, 0.2) is 0 Å². The van der Waals surface area contributed by atoms with Gasteiger partial charge in [0.2, 0.25) is 0 Å². The molecule has 0 aromatic heterocycles. The van der Waals surface area contributed by atoms with E-state index in [1.807, 2.05) is 44.2 Å². The summed E-state index contributed by atoms with van der Waals surface area (Å²) in [7, 11) is 0. The van der Waals surface area contributed by atoms with Crippen LogP contribution in [0.4, 0.5) is 0 Å². The Bertz CT molecular complexity index is 391. The number of aliphatic hydroxyl groups excluding tert-OH is 1. The number of hydrogen-bond acceptors (Lipinski definition) is 2. The minimum Gasteiger partial charge on any atom is -0.513 e. The maximum Gasteiger partial charge on any atom is 0.0894 e. The van der Waals surface area contributed by atoms with Crippen molar-refractivity contribution in [3.8, 4) is 0 Å². The minimum atomic E-state index is 0.214. The van der Waals surface area contributed by atoms with Gasteiger partial charge in [0, 0.05) is 6.42 Å². The molecule has 1 aromatic rings. The molecule has 0 heterocycles. The second-order valence-corrected chi connectivity index (χ2v) is 4.64. The molecule has 1 aromatic carbocycles. The van der Waals surface area contributed by atoms with Crippen LogP contribution in [0.5, 0.6) is 0 Å². The Hall–Kier alpha value is -1.80. The molecule has 0 amide bonds. The summed E-state index contributed by atoms with van der Waals surface area (Å²) in [5.41, 5.74) is 3.20. The Balaban J connectivity index is 0.000000344. The molecule has 0 saturated heterocycles. The van der Waals surface area contributed by atoms with Crippen LogP contribution in [0.25, 0.3) is 0 Å². The molecule has 0 fully saturated rings. The van der Waals surface area contributed by atoms with E-state index in [0.717, 1.165) is 16.7 Å². The molecule has 1 N–H and O–H groups in total. The van der Waals surface area contributed by atoms with Crippen LogP contribution < -0.4 is 0 Å². The van der Waals surface area contributed by atoms with Crippen molar-refractivity contribution in [3.63, 3.8) is 0 Å². The predicted octanol–water partition coefficient (Wildman–Crippen LogP) is 4.46. The largest absolute Gasteiger partial charge is 0.513 e. The fourth-order valence-electron chi connectivity index (χ4n) is 1.23. The van der Waals surface area contributed by atoms with E-state index in [-0.39, 0.29) is 5.76 Å². The molecule has 0 atom stereocenters. The van der Waals surface area contributed by atoms with E-state index in [9.17, 15) is 0 Å². The molecule has 19 heavy (non-hydrogen) atoms. The molecule has 0 aliphatic carbocycles. The average Bonchev–Trinajstić information content (AvgIpc) is 2.29. The summed E-state index contributed by atoms with van der Waals surface area (Å²) in [6.45, 7) is 16.0. The van der Waals surface area contributed by atoms with Crippen molar-refractivity contribution in [1.29, 1.82) is 0 Å². The number of ether oxygens (including phenoxy) is 1. The van der Waals surface area contributed by atoms with Crippen LogP contribution >= 0.6 is 0 Å². The second kappa shape index (κ2) is 10.2. The summed E-state index contributed by atoms with van der Waals surface area (Å²) >= 11 is 0. The number of aliphatic hydroxyl groups is 1. The van der Waals surface area contributed by atoms with E-state index < -0.39 is 0 Å². The molecule has 0 radical (unpaired) electrons. The van der Waals surface area contributed by atoms with Crippen LogP contribution in [0.3, 0.4) is 0 Å². The Morgan fingerprint density at radius 2 is 1.47 bits per heavy atom. The number of hydrogen-bond donors (Lipinski definition) is 1. The maximum atomic E-state index is 8.81. The van der Waals surface area contributed by atoms with Crippen LogP contribution in [0.1, 0.15) is 19.4 Å². The Morgan fingerprint density at radius 3 is 1.84 bits per heavy atom. The van der Waals surface area contributed by atoms with Crippen LogP contribution in [-0.4, -0.2) is 18.3 Å². The van der Waals surface area contributed by atoms with E-state index in [1.54, 1.807) is 0 Å². The van der Waals surface area contributed by atoms with Gasteiger partial charge in [0.05, 0.1) is 19.0 Å². The molecule has 104 valence electrons. The first-order valence-electron chi connectivity index (χ1n) is 6.19. The molecular weight excluding hydrogens is 236 g/mol. The smallest absolute Gasteiger partial charge is 0.0894 e. The molecule has 0 aliphatic heterocycles. The zero-order valence-electron chi connectivity index (χ0n) is 12.0. The van der Waals surface area contributed by atoms with Gasteiger partial charge in [-0.15, -0.1) is 0 Å². The molecule has 0 saturated carbocycles. The van der Waals surface area contributed by atoms with Gasteiger partial charge >= 0.3 is 0 Å². The predicted molar refractivity (Wildman–Crippen MR) is 82.4 cm³/mol. The van der Waals surface area contributed by atoms with Crippen molar-refractivity contribution in [2.24, 2.45) is 0 Å². The summed E-state index contributed by atoms with van der Waals surface area (Å²) in [6.07, 6.45) is 0.556. The normalized spacial score (nSPS) is 9.16. The SMILES string of the molecule is C=C(C)COCC(=C)C.C=C(O)Cc1ccccc1. The van der Waals surface area contributed by atoms with E-state index in [4.69, 9.17) is 9.84 Å². The molecular formula is C17H24O2. The summed E-state index contributed by atoms with van der Waals surface area (Å²) in [4.78, 5) is 0. The van der Waals surface area contributed by atoms with E-state index in [1.165, 1.54) is 0 Å². The summed E-state index contributed by atoms with van der Waals surface area (Å²) in [5, 5.41) is 8.81. The van der Waals surface area contributed by atoms with Gasteiger partial charge < -0.3 is 9.84 Å². The Kier molecular flexibility index (Phi) is 9.19. The van der Waals surface area contributed by atoms with E-state index in [2.05, 4.69) is 19.7 Å². The third-order valence-electron chi connectivity index (χ3n) is 1.95.